The van der Waals surface area contributed by atoms with Crippen LogP contribution in [0.3, 0.4) is 0 Å². The van der Waals surface area contributed by atoms with E-state index in [0.29, 0.717) is 0 Å². The van der Waals surface area contributed by atoms with Gasteiger partial charge < -0.3 is 13.7 Å². The van der Waals surface area contributed by atoms with Crippen molar-refractivity contribution in [1.82, 2.24) is 0 Å². The van der Waals surface area contributed by atoms with E-state index in [9.17, 15) is 0 Å². The van der Waals surface area contributed by atoms with Gasteiger partial charge in [0.05, 0.1) is 21.5 Å². The third-order valence-electron chi connectivity index (χ3n) is 11.9. The number of anilines is 3. The lowest BCUT2D eigenvalue weighted by Gasteiger charge is -2.27. The molecule has 0 aliphatic carbocycles. The molecule has 0 radical (unpaired) electrons. The van der Waals surface area contributed by atoms with Crippen LogP contribution in [0.5, 0.6) is 0 Å². The van der Waals surface area contributed by atoms with Crippen molar-refractivity contribution in [3.63, 3.8) is 0 Å². The minimum absolute atomic E-state index is 0.827. The highest BCUT2D eigenvalue weighted by molar-refractivity contribution is 7.26. The summed E-state index contributed by atoms with van der Waals surface area (Å²) in [6, 6.07) is 67.4. The second-order valence-electron chi connectivity index (χ2n) is 15.1. The molecule has 0 aliphatic heterocycles. The monoisotopic (exact) mass is 789 g/mol. The summed E-state index contributed by atoms with van der Waals surface area (Å²) in [6.45, 7) is 0. The Labute approximate surface area is 346 Å². The molecular formula is C54H31NO2S2. The molecule has 4 heterocycles. The number of rotatable bonds is 5. The average molecular weight is 790 g/mol. The summed E-state index contributed by atoms with van der Waals surface area (Å²) in [5, 5.41) is 9.25. The summed E-state index contributed by atoms with van der Waals surface area (Å²) in [6.07, 6.45) is 0. The van der Waals surface area contributed by atoms with Gasteiger partial charge in [-0.3, -0.25) is 0 Å². The lowest BCUT2D eigenvalue weighted by molar-refractivity contribution is 0.664. The lowest BCUT2D eigenvalue weighted by atomic mass is 9.95. The topological polar surface area (TPSA) is 29.5 Å². The highest BCUT2D eigenvalue weighted by Gasteiger charge is 2.27. The maximum atomic E-state index is 7.20. The summed E-state index contributed by atoms with van der Waals surface area (Å²) in [5.41, 5.74) is 11.2. The number of furan rings is 2. The summed E-state index contributed by atoms with van der Waals surface area (Å²) >= 11 is 3.69. The van der Waals surface area contributed by atoms with E-state index in [1.807, 2.05) is 28.7 Å². The third kappa shape index (κ3) is 4.86. The van der Waals surface area contributed by atoms with Gasteiger partial charge in [-0.25, -0.2) is 0 Å². The molecule has 0 fully saturated rings. The fourth-order valence-electron chi connectivity index (χ4n) is 9.28. The fraction of sp³-hybridized carbons (Fsp3) is 0. The molecule has 5 heteroatoms. The Balaban J connectivity index is 1.14. The lowest BCUT2D eigenvalue weighted by Crippen LogP contribution is -2.10. The molecule has 0 bridgehead atoms. The van der Waals surface area contributed by atoms with Crippen LogP contribution in [0.15, 0.2) is 197 Å². The number of nitrogens with zero attached hydrogens (tertiary/aromatic N) is 1. The smallest absolute Gasteiger partial charge is 0.144 e. The van der Waals surface area contributed by atoms with Crippen molar-refractivity contribution in [1.29, 1.82) is 0 Å². The minimum atomic E-state index is 0.827. The van der Waals surface area contributed by atoms with Crippen molar-refractivity contribution in [3.05, 3.63) is 188 Å². The van der Waals surface area contributed by atoms with Gasteiger partial charge in [0.25, 0.3) is 0 Å². The van der Waals surface area contributed by atoms with Gasteiger partial charge in [0.15, 0.2) is 0 Å². The molecule has 0 saturated carbocycles. The zero-order chi connectivity index (χ0) is 38.6. The zero-order valence-corrected chi connectivity index (χ0v) is 33.1. The molecule has 276 valence electrons. The van der Waals surface area contributed by atoms with Gasteiger partial charge in [-0.05, 0) is 65.7 Å². The second-order valence-corrected chi connectivity index (χ2v) is 17.2. The third-order valence-corrected chi connectivity index (χ3v) is 14.3. The van der Waals surface area contributed by atoms with Gasteiger partial charge in [-0.15, -0.1) is 22.7 Å². The molecule has 0 N–H and O–H groups in total. The highest BCUT2D eigenvalue weighted by atomic mass is 32.1. The van der Waals surface area contributed by atoms with Crippen molar-refractivity contribution in [2.45, 2.75) is 0 Å². The molecule has 4 aromatic heterocycles. The predicted molar refractivity (Wildman–Crippen MR) is 252 cm³/mol. The number of fused-ring (bicyclic) bond motifs is 12. The Hall–Kier alpha value is -7.18. The van der Waals surface area contributed by atoms with Gasteiger partial charge in [0, 0.05) is 68.6 Å². The first-order chi connectivity index (χ1) is 29.3. The van der Waals surface area contributed by atoms with Crippen LogP contribution in [-0.2, 0) is 0 Å². The Morgan fingerprint density at radius 3 is 1.76 bits per heavy atom. The molecule has 59 heavy (non-hydrogen) atoms. The first kappa shape index (κ1) is 32.9. The van der Waals surface area contributed by atoms with Crippen molar-refractivity contribution in [2.24, 2.45) is 0 Å². The number of thiophene rings is 2. The van der Waals surface area contributed by atoms with Crippen LogP contribution in [0, 0.1) is 0 Å². The highest BCUT2D eigenvalue weighted by Crippen LogP contribution is 2.52. The minimum Gasteiger partial charge on any atom is -0.456 e. The molecule has 13 rings (SSSR count). The number of benzene rings is 9. The van der Waals surface area contributed by atoms with Crippen LogP contribution in [0.4, 0.5) is 17.1 Å². The summed E-state index contributed by atoms with van der Waals surface area (Å²) < 4.78 is 19.0. The van der Waals surface area contributed by atoms with E-state index in [1.54, 1.807) is 0 Å². The molecule has 0 amide bonds. The van der Waals surface area contributed by atoms with E-state index in [4.69, 9.17) is 8.83 Å². The van der Waals surface area contributed by atoms with Crippen molar-refractivity contribution in [3.8, 4) is 22.3 Å². The van der Waals surface area contributed by atoms with E-state index in [1.165, 1.54) is 51.5 Å². The molecule has 0 aliphatic rings. The molecule has 0 spiro atoms. The van der Waals surface area contributed by atoms with Gasteiger partial charge in [0.1, 0.15) is 22.3 Å². The largest absolute Gasteiger partial charge is 0.456 e. The van der Waals surface area contributed by atoms with Crippen molar-refractivity contribution < 1.29 is 8.83 Å². The Morgan fingerprint density at radius 2 is 0.966 bits per heavy atom. The summed E-state index contributed by atoms with van der Waals surface area (Å²) in [7, 11) is 0. The molecule has 0 atom stereocenters. The zero-order valence-electron chi connectivity index (χ0n) is 31.5. The van der Waals surface area contributed by atoms with Crippen LogP contribution in [0.1, 0.15) is 0 Å². The maximum Gasteiger partial charge on any atom is 0.144 e. The van der Waals surface area contributed by atoms with Crippen LogP contribution in [0.2, 0.25) is 0 Å². The maximum absolute atomic E-state index is 7.20. The quantitative estimate of drug-likeness (QED) is 0.174. The normalized spacial score (nSPS) is 12.1. The first-order valence-electron chi connectivity index (χ1n) is 19.8. The van der Waals surface area contributed by atoms with E-state index in [-0.39, 0.29) is 0 Å². The van der Waals surface area contributed by atoms with Crippen LogP contribution in [0.25, 0.3) is 106 Å². The SMILES string of the molecule is c1ccc(-c2ccc(N(c3cccc4c3sc3ccccc34)c3cccc4oc5c(-c6cccc7c6sc6ccccc67)c6c(cc5c34)oc3ccccc36)cc2)cc1. The average Bonchev–Trinajstić information content (AvgIpc) is 4.07. The Bertz CT molecular complexity index is 3790. The van der Waals surface area contributed by atoms with Crippen LogP contribution < -0.4 is 4.90 Å². The standard InChI is InChI=1S/C54H31NO2S2/c1-2-13-32(14-3-1)33-27-29-34(30-28-33)55(43-22-11-19-38-36-16-6-9-26-48(36)59-54(38)43)42-21-12-24-45-49(42)41-31-46-50(39-17-4-7-23-44(39)56-46)51(52(41)57-45)40-20-10-18-37-35-15-5-8-25-47(35)58-53(37)40/h1-31H. The Morgan fingerprint density at radius 1 is 0.373 bits per heavy atom. The second kappa shape index (κ2) is 12.7. The van der Waals surface area contributed by atoms with E-state index >= 15 is 0 Å². The molecule has 0 saturated heterocycles. The summed E-state index contributed by atoms with van der Waals surface area (Å²) in [4.78, 5) is 2.43. The number of hydrogen-bond donors (Lipinski definition) is 0. The fourth-order valence-corrected chi connectivity index (χ4v) is 11.7. The van der Waals surface area contributed by atoms with E-state index in [0.717, 1.165) is 72.1 Å². The Kier molecular flexibility index (Phi) is 7.05. The van der Waals surface area contributed by atoms with E-state index < -0.39 is 0 Å². The number of hydrogen-bond acceptors (Lipinski definition) is 5. The molecule has 9 aromatic carbocycles. The van der Waals surface area contributed by atoms with Crippen molar-refractivity contribution in [2.75, 3.05) is 4.90 Å². The summed E-state index contributed by atoms with van der Waals surface area (Å²) in [5.74, 6) is 0. The molecule has 0 unspecified atom stereocenters. The van der Waals surface area contributed by atoms with E-state index in [2.05, 4.69) is 187 Å². The first-order valence-corrected chi connectivity index (χ1v) is 21.5. The molecule has 3 nitrogen and oxygen atoms in total. The van der Waals surface area contributed by atoms with Gasteiger partial charge in [0.2, 0.25) is 0 Å². The predicted octanol–water partition coefficient (Wildman–Crippen LogP) is 17.0. The van der Waals surface area contributed by atoms with Crippen LogP contribution >= 0.6 is 22.7 Å². The van der Waals surface area contributed by atoms with Crippen LogP contribution in [-0.4, -0.2) is 0 Å². The molecule has 13 aromatic rings. The van der Waals surface area contributed by atoms with Gasteiger partial charge in [-0.1, -0.05) is 133 Å². The van der Waals surface area contributed by atoms with Gasteiger partial charge >= 0.3 is 0 Å². The van der Waals surface area contributed by atoms with Gasteiger partial charge in [-0.2, -0.15) is 0 Å². The van der Waals surface area contributed by atoms with Crippen molar-refractivity contribution >= 4 is 124 Å². The number of para-hydroxylation sites is 1. The molecular weight excluding hydrogens is 759 g/mol.